The second kappa shape index (κ2) is 7.95. The van der Waals surface area contributed by atoms with Gasteiger partial charge < -0.3 is 19.7 Å². The van der Waals surface area contributed by atoms with Gasteiger partial charge in [0.15, 0.2) is 0 Å². The highest BCUT2D eigenvalue weighted by atomic mass is 16.5. The van der Waals surface area contributed by atoms with Gasteiger partial charge in [-0.05, 0) is 91.7 Å². The number of hydrogen-bond donors (Lipinski definition) is 2. The summed E-state index contributed by atoms with van der Waals surface area (Å²) in [5.74, 6) is 1.13. The Balaban J connectivity index is 1.24. The Morgan fingerprint density at radius 2 is 1.81 bits per heavy atom. The Labute approximate surface area is 183 Å². The molecule has 2 bridgehead atoms. The predicted octanol–water partition coefficient (Wildman–Crippen LogP) is 5.26. The van der Waals surface area contributed by atoms with E-state index in [-0.39, 0.29) is 23.5 Å². The standard InChI is InChI=1S/C26H30O5/c27-16-18-3-1-5-21(13-18)31-22-6-2-4-20(15-22)26-11-9-25(10-12-26,17-30-26)8-7-19-14-23(19)24(28)29/h1-6,13,15,19,23,27H,7-12,14,16-17H2,(H,28,29)/t19-,23-,25?,26?/m1/s1. The van der Waals surface area contributed by atoms with Crippen molar-refractivity contribution in [3.8, 4) is 11.5 Å². The molecule has 2 heterocycles. The Bertz CT molecular complexity index is 943. The third kappa shape index (κ3) is 4.09. The van der Waals surface area contributed by atoms with E-state index in [1.165, 1.54) is 5.56 Å². The topological polar surface area (TPSA) is 76.0 Å². The molecule has 5 nitrogen and oxygen atoms in total. The van der Waals surface area contributed by atoms with E-state index in [2.05, 4.69) is 12.1 Å². The van der Waals surface area contributed by atoms with Gasteiger partial charge in [0.25, 0.3) is 0 Å². The molecular formula is C26H30O5. The molecule has 4 aliphatic rings. The summed E-state index contributed by atoms with van der Waals surface area (Å²) in [7, 11) is 0. The highest BCUT2D eigenvalue weighted by molar-refractivity contribution is 5.73. The molecule has 0 amide bonds. The Kier molecular flexibility index (Phi) is 5.27. The van der Waals surface area contributed by atoms with Crippen molar-refractivity contribution in [2.45, 2.75) is 57.2 Å². The van der Waals surface area contributed by atoms with Gasteiger partial charge >= 0.3 is 5.97 Å². The number of aliphatic hydroxyl groups is 1. The zero-order valence-corrected chi connectivity index (χ0v) is 17.8. The number of carbonyl (C=O) groups is 1. The summed E-state index contributed by atoms with van der Waals surface area (Å²) in [6.07, 6.45) is 7.24. The van der Waals surface area contributed by atoms with Crippen molar-refractivity contribution in [2.24, 2.45) is 17.3 Å². The normalized spacial score (nSPS) is 31.4. The van der Waals surface area contributed by atoms with Crippen LogP contribution in [0.5, 0.6) is 11.5 Å². The van der Waals surface area contributed by atoms with Crippen LogP contribution >= 0.6 is 0 Å². The molecule has 2 saturated heterocycles. The van der Waals surface area contributed by atoms with Crippen molar-refractivity contribution in [2.75, 3.05) is 6.61 Å². The third-order valence-electron chi connectivity index (χ3n) is 7.74. The maximum atomic E-state index is 11.1. The summed E-state index contributed by atoms with van der Waals surface area (Å²) >= 11 is 0. The van der Waals surface area contributed by atoms with Crippen molar-refractivity contribution in [1.29, 1.82) is 0 Å². The number of hydrogen-bond acceptors (Lipinski definition) is 4. The smallest absolute Gasteiger partial charge is 0.306 e. The van der Waals surface area contributed by atoms with E-state index in [9.17, 15) is 9.90 Å². The first-order valence-corrected chi connectivity index (χ1v) is 11.4. The molecule has 0 radical (unpaired) electrons. The lowest BCUT2D eigenvalue weighted by Crippen LogP contribution is -2.49. The number of aliphatic carboxylic acids is 1. The van der Waals surface area contributed by atoms with E-state index in [0.717, 1.165) is 62.9 Å². The van der Waals surface area contributed by atoms with Crippen LogP contribution in [0.15, 0.2) is 48.5 Å². The summed E-state index contributed by atoms with van der Waals surface area (Å²) in [6.45, 7) is 0.759. The van der Waals surface area contributed by atoms with Crippen LogP contribution in [0.4, 0.5) is 0 Å². The number of ether oxygens (including phenoxy) is 2. The number of benzene rings is 2. The number of rotatable bonds is 8. The van der Waals surface area contributed by atoms with Gasteiger partial charge in [-0.2, -0.15) is 0 Å². The van der Waals surface area contributed by atoms with Gasteiger partial charge in [0.1, 0.15) is 11.5 Å². The number of carboxylic acids is 1. The van der Waals surface area contributed by atoms with Crippen LogP contribution in [-0.2, 0) is 21.7 Å². The maximum absolute atomic E-state index is 11.1. The summed E-state index contributed by atoms with van der Waals surface area (Å²) in [4.78, 5) is 11.1. The molecule has 6 rings (SSSR count). The van der Waals surface area contributed by atoms with Crippen LogP contribution in [0.25, 0.3) is 0 Å². The molecule has 2 aliphatic carbocycles. The van der Waals surface area contributed by atoms with E-state index in [4.69, 9.17) is 14.6 Å². The van der Waals surface area contributed by atoms with Gasteiger partial charge in [-0.3, -0.25) is 4.79 Å². The lowest BCUT2D eigenvalue weighted by molar-refractivity contribution is -0.192. The zero-order chi connectivity index (χ0) is 21.5. The van der Waals surface area contributed by atoms with Crippen molar-refractivity contribution in [3.63, 3.8) is 0 Å². The minimum Gasteiger partial charge on any atom is -0.481 e. The van der Waals surface area contributed by atoms with Gasteiger partial charge in [-0.1, -0.05) is 24.3 Å². The Hall–Kier alpha value is -2.37. The third-order valence-corrected chi connectivity index (χ3v) is 7.74. The molecule has 4 fully saturated rings. The zero-order valence-electron chi connectivity index (χ0n) is 17.8. The molecule has 2 aromatic rings. The van der Waals surface area contributed by atoms with Crippen LogP contribution < -0.4 is 4.74 Å². The Morgan fingerprint density at radius 3 is 2.45 bits per heavy atom. The van der Waals surface area contributed by atoms with Crippen LogP contribution in [0.1, 0.15) is 56.1 Å². The highest BCUT2D eigenvalue weighted by Gasteiger charge is 2.52. The SMILES string of the molecule is O=C(O)[C@@H]1C[C@H]1CCC12CCC(c3cccc(Oc4cccc(CO)c4)c3)(CC1)OC2. The van der Waals surface area contributed by atoms with Crippen molar-refractivity contribution < 1.29 is 24.5 Å². The van der Waals surface area contributed by atoms with Crippen LogP contribution in [0, 0.1) is 17.3 Å². The van der Waals surface area contributed by atoms with E-state index in [1.807, 2.05) is 36.4 Å². The molecule has 0 unspecified atom stereocenters. The van der Waals surface area contributed by atoms with Crippen LogP contribution in [-0.4, -0.2) is 22.8 Å². The fourth-order valence-electron chi connectivity index (χ4n) is 5.51. The summed E-state index contributed by atoms with van der Waals surface area (Å²) in [5.41, 5.74) is 1.99. The fourth-order valence-corrected chi connectivity index (χ4v) is 5.51. The molecule has 2 saturated carbocycles. The molecule has 2 N–H and O–H groups in total. The molecular weight excluding hydrogens is 392 g/mol. The fraction of sp³-hybridized carbons (Fsp3) is 0.500. The first kappa shape index (κ1) is 20.5. The maximum Gasteiger partial charge on any atom is 0.306 e. The number of aliphatic hydroxyl groups excluding tert-OH is 1. The van der Waals surface area contributed by atoms with Crippen LogP contribution in [0.2, 0.25) is 0 Å². The van der Waals surface area contributed by atoms with Crippen molar-refractivity contribution >= 4 is 5.97 Å². The average Bonchev–Trinajstić information content (AvgIpc) is 3.60. The van der Waals surface area contributed by atoms with Gasteiger partial charge in [-0.15, -0.1) is 0 Å². The van der Waals surface area contributed by atoms with Gasteiger partial charge in [-0.25, -0.2) is 0 Å². The van der Waals surface area contributed by atoms with Gasteiger partial charge in [0.05, 0.1) is 24.7 Å². The predicted molar refractivity (Wildman–Crippen MR) is 116 cm³/mol. The molecule has 2 atom stereocenters. The quantitative estimate of drug-likeness (QED) is 0.607. The van der Waals surface area contributed by atoms with Crippen molar-refractivity contribution in [3.05, 3.63) is 59.7 Å². The van der Waals surface area contributed by atoms with Gasteiger partial charge in [0, 0.05) is 0 Å². The molecule has 0 spiro atoms. The summed E-state index contributed by atoms with van der Waals surface area (Å²) < 4.78 is 12.6. The highest BCUT2D eigenvalue weighted by Crippen LogP contribution is 2.57. The van der Waals surface area contributed by atoms with Crippen LogP contribution in [0.3, 0.4) is 0 Å². The largest absolute Gasteiger partial charge is 0.481 e. The molecule has 0 aromatic heterocycles. The minimum atomic E-state index is -0.629. The number of carboxylic acid groups (broad SMARTS) is 1. The second-order valence-electron chi connectivity index (χ2n) is 9.70. The molecule has 164 valence electrons. The Morgan fingerprint density at radius 1 is 1.06 bits per heavy atom. The number of fused-ring (bicyclic) bond motifs is 3. The molecule has 31 heavy (non-hydrogen) atoms. The summed E-state index contributed by atoms with van der Waals surface area (Å²) in [5, 5.41) is 18.5. The second-order valence-corrected chi connectivity index (χ2v) is 9.70. The van der Waals surface area contributed by atoms with Crippen molar-refractivity contribution in [1.82, 2.24) is 0 Å². The van der Waals surface area contributed by atoms with E-state index in [1.54, 1.807) is 0 Å². The first-order valence-electron chi connectivity index (χ1n) is 11.4. The lowest BCUT2D eigenvalue weighted by Gasteiger charge is -2.53. The average molecular weight is 423 g/mol. The van der Waals surface area contributed by atoms with E-state index in [0.29, 0.717) is 11.7 Å². The first-order chi connectivity index (χ1) is 15.0. The van der Waals surface area contributed by atoms with E-state index >= 15 is 0 Å². The summed E-state index contributed by atoms with van der Waals surface area (Å²) in [6, 6.07) is 15.7. The molecule has 2 aromatic carbocycles. The molecule has 5 heteroatoms. The molecule has 2 aliphatic heterocycles. The van der Waals surface area contributed by atoms with Gasteiger partial charge in [0.2, 0.25) is 0 Å². The lowest BCUT2D eigenvalue weighted by atomic mass is 9.62. The van der Waals surface area contributed by atoms with E-state index < -0.39 is 5.97 Å². The monoisotopic (exact) mass is 422 g/mol. The minimum absolute atomic E-state index is 0.00630.